The number of nitrogens with zero attached hydrogens (tertiary/aromatic N) is 1. The van der Waals surface area contributed by atoms with Crippen molar-refractivity contribution >= 4 is 17.6 Å². The molecule has 0 saturated carbocycles. The minimum Gasteiger partial charge on any atom is -0.334 e. The van der Waals surface area contributed by atoms with E-state index in [-0.39, 0.29) is 17.5 Å². The molecule has 0 spiro atoms. The summed E-state index contributed by atoms with van der Waals surface area (Å²) in [5.41, 5.74) is 3.45. The predicted molar refractivity (Wildman–Crippen MR) is 103 cm³/mol. The van der Waals surface area contributed by atoms with Gasteiger partial charge in [-0.15, -0.1) is 0 Å². The molecule has 5 heteroatoms. The monoisotopic (exact) mass is 351 g/mol. The third-order valence-corrected chi connectivity index (χ3v) is 4.27. The summed E-state index contributed by atoms with van der Waals surface area (Å²) < 4.78 is 0. The second-order valence-corrected chi connectivity index (χ2v) is 7.66. The van der Waals surface area contributed by atoms with Crippen molar-refractivity contribution in [1.82, 2.24) is 10.2 Å². The number of carbonyl (C=O) groups is 2. The Bertz CT molecular complexity index is 810. The highest BCUT2D eigenvalue weighted by Crippen LogP contribution is 2.24. The Hall–Kier alpha value is -2.82. The van der Waals surface area contributed by atoms with Gasteiger partial charge in [-0.1, -0.05) is 24.3 Å². The van der Waals surface area contributed by atoms with Crippen molar-refractivity contribution in [3.8, 4) is 0 Å². The van der Waals surface area contributed by atoms with Crippen molar-refractivity contribution in [3.63, 3.8) is 0 Å². The maximum absolute atomic E-state index is 12.7. The van der Waals surface area contributed by atoms with Crippen LogP contribution >= 0.6 is 0 Å². The largest absolute Gasteiger partial charge is 0.334 e. The van der Waals surface area contributed by atoms with Gasteiger partial charge >= 0.3 is 6.03 Å². The smallest absolute Gasteiger partial charge is 0.319 e. The number of urea groups is 1. The Kier molecular flexibility index (Phi) is 4.98. The maximum Gasteiger partial charge on any atom is 0.319 e. The number of hydrogen-bond donors (Lipinski definition) is 2. The SMILES string of the molecule is CC(C)(C)NC(=O)Nc1ccc2c(c1)CN(C(=O)c1ccccc1)CC2. The Morgan fingerprint density at radius 3 is 2.42 bits per heavy atom. The van der Waals surface area contributed by atoms with E-state index >= 15 is 0 Å². The molecule has 2 aromatic carbocycles. The summed E-state index contributed by atoms with van der Waals surface area (Å²) >= 11 is 0. The van der Waals surface area contributed by atoms with Crippen LogP contribution in [0.4, 0.5) is 10.5 Å². The summed E-state index contributed by atoms with van der Waals surface area (Å²) in [6.07, 6.45) is 0.822. The molecule has 2 N–H and O–H groups in total. The third-order valence-electron chi connectivity index (χ3n) is 4.27. The molecule has 0 bridgehead atoms. The van der Waals surface area contributed by atoms with Crippen molar-refractivity contribution < 1.29 is 9.59 Å². The third kappa shape index (κ3) is 4.42. The van der Waals surface area contributed by atoms with Crippen LogP contribution < -0.4 is 10.6 Å². The highest BCUT2D eigenvalue weighted by molar-refractivity contribution is 5.94. The van der Waals surface area contributed by atoms with Crippen LogP contribution in [0.2, 0.25) is 0 Å². The zero-order chi connectivity index (χ0) is 18.7. The highest BCUT2D eigenvalue weighted by Gasteiger charge is 2.22. The second kappa shape index (κ2) is 7.20. The summed E-state index contributed by atoms with van der Waals surface area (Å²) in [5.74, 6) is 0.0417. The fourth-order valence-electron chi connectivity index (χ4n) is 3.07. The van der Waals surface area contributed by atoms with E-state index in [1.807, 2.05) is 74.2 Å². The Morgan fingerprint density at radius 2 is 1.73 bits per heavy atom. The molecule has 1 aliphatic heterocycles. The summed E-state index contributed by atoms with van der Waals surface area (Å²) in [6.45, 7) is 7.07. The average molecular weight is 351 g/mol. The fraction of sp³-hybridized carbons (Fsp3) is 0.333. The molecule has 0 radical (unpaired) electrons. The highest BCUT2D eigenvalue weighted by atomic mass is 16.2. The van der Waals surface area contributed by atoms with Gasteiger partial charge in [0, 0.05) is 29.9 Å². The van der Waals surface area contributed by atoms with Crippen molar-refractivity contribution in [1.29, 1.82) is 0 Å². The summed E-state index contributed by atoms with van der Waals surface area (Å²) in [7, 11) is 0. The molecule has 3 rings (SSSR count). The number of carbonyl (C=O) groups excluding carboxylic acids is 2. The van der Waals surface area contributed by atoms with Crippen LogP contribution in [0, 0.1) is 0 Å². The van der Waals surface area contributed by atoms with E-state index in [0.29, 0.717) is 18.7 Å². The lowest BCUT2D eigenvalue weighted by molar-refractivity contribution is 0.0734. The van der Waals surface area contributed by atoms with E-state index < -0.39 is 0 Å². The zero-order valence-corrected chi connectivity index (χ0v) is 15.5. The van der Waals surface area contributed by atoms with Crippen molar-refractivity contribution in [2.45, 2.75) is 39.3 Å². The standard InChI is InChI=1S/C21H25N3O2/c1-21(2,3)23-20(26)22-18-10-9-15-11-12-24(14-17(15)13-18)19(25)16-7-5-4-6-8-16/h4-10,13H,11-12,14H2,1-3H3,(H2,22,23,26). The topological polar surface area (TPSA) is 61.4 Å². The van der Waals surface area contributed by atoms with Gasteiger partial charge in [0.2, 0.25) is 0 Å². The average Bonchev–Trinajstić information content (AvgIpc) is 2.59. The first kappa shape index (κ1) is 18.0. The Morgan fingerprint density at radius 1 is 1.00 bits per heavy atom. The lowest BCUT2D eigenvalue weighted by Gasteiger charge is -2.29. The van der Waals surface area contributed by atoms with E-state index in [1.54, 1.807) is 0 Å². The molecule has 0 saturated heterocycles. The van der Waals surface area contributed by atoms with E-state index in [9.17, 15) is 9.59 Å². The van der Waals surface area contributed by atoms with Crippen molar-refractivity contribution in [2.75, 3.05) is 11.9 Å². The van der Waals surface area contributed by atoms with Crippen LogP contribution in [-0.4, -0.2) is 28.9 Å². The predicted octanol–water partition coefficient (Wildman–Crippen LogP) is 3.81. The number of anilines is 1. The van der Waals surface area contributed by atoms with Gasteiger partial charge in [-0.05, 0) is 62.6 Å². The first-order chi connectivity index (χ1) is 12.3. The van der Waals surface area contributed by atoms with Crippen molar-refractivity contribution in [3.05, 3.63) is 65.2 Å². The van der Waals surface area contributed by atoms with Crippen LogP contribution in [0.5, 0.6) is 0 Å². The van der Waals surface area contributed by atoms with E-state index in [2.05, 4.69) is 10.6 Å². The number of fused-ring (bicyclic) bond motifs is 1. The molecule has 1 aliphatic rings. The minimum absolute atomic E-state index is 0.0417. The molecule has 0 aromatic heterocycles. The summed E-state index contributed by atoms with van der Waals surface area (Å²) in [6, 6.07) is 15.0. The molecule has 3 amide bonds. The van der Waals surface area contributed by atoms with Crippen LogP contribution in [0.1, 0.15) is 42.3 Å². The fourth-order valence-corrected chi connectivity index (χ4v) is 3.07. The summed E-state index contributed by atoms with van der Waals surface area (Å²) in [5, 5.41) is 5.75. The maximum atomic E-state index is 12.7. The Balaban J connectivity index is 1.72. The molecule has 0 atom stereocenters. The number of rotatable bonds is 2. The van der Waals surface area contributed by atoms with Crippen LogP contribution in [0.3, 0.4) is 0 Å². The Labute approximate surface area is 154 Å². The minimum atomic E-state index is -0.294. The molecule has 5 nitrogen and oxygen atoms in total. The molecule has 136 valence electrons. The molecule has 0 fully saturated rings. The number of nitrogens with one attached hydrogen (secondary N) is 2. The van der Waals surface area contributed by atoms with Gasteiger partial charge in [-0.2, -0.15) is 0 Å². The van der Waals surface area contributed by atoms with Gasteiger partial charge in [-0.3, -0.25) is 4.79 Å². The van der Waals surface area contributed by atoms with Gasteiger partial charge in [0.15, 0.2) is 0 Å². The molecule has 1 heterocycles. The number of benzene rings is 2. The molecular formula is C21H25N3O2. The number of amides is 3. The van der Waals surface area contributed by atoms with E-state index in [0.717, 1.165) is 17.7 Å². The lowest BCUT2D eigenvalue weighted by atomic mass is 9.98. The van der Waals surface area contributed by atoms with Crippen LogP contribution in [0.15, 0.2) is 48.5 Å². The molecule has 0 aliphatic carbocycles. The molecular weight excluding hydrogens is 326 g/mol. The van der Waals surface area contributed by atoms with Gasteiger partial charge in [0.25, 0.3) is 5.91 Å². The summed E-state index contributed by atoms with van der Waals surface area (Å²) in [4.78, 5) is 26.6. The van der Waals surface area contributed by atoms with Crippen LogP contribution in [-0.2, 0) is 13.0 Å². The lowest BCUT2D eigenvalue weighted by Crippen LogP contribution is -2.43. The normalized spacial score (nSPS) is 13.7. The van der Waals surface area contributed by atoms with E-state index in [4.69, 9.17) is 0 Å². The van der Waals surface area contributed by atoms with Gasteiger partial charge in [-0.25, -0.2) is 4.79 Å². The van der Waals surface area contributed by atoms with Gasteiger partial charge in [0.1, 0.15) is 0 Å². The van der Waals surface area contributed by atoms with Crippen molar-refractivity contribution in [2.24, 2.45) is 0 Å². The zero-order valence-electron chi connectivity index (χ0n) is 15.5. The first-order valence-corrected chi connectivity index (χ1v) is 8.87. The first-order valence-electron chi connectivity index (χ1n) is 8.87. The second-order valence-electron chi connectivity index (χ2n) is 7.66. The number of hydrogen-bond acceptors (Lipinski definition) is 2. The van der Waals surface area contributed by atoms with Gasteiger partial charge in [0.05, 0.1) is 0 Å². The molecule has 26 heavy (non-hydrogen) atoms. The molecule has 0 unspecified atom stereocenters. The van der Waals surface area contributed by atoms with E-state index in [1.165, 1.54) is 5.56 Å². The molecule has 2 aromatic rings. The van der Waals surface area contributed by atoms with Crippen LogP contribution in [0.25, 0.3) is 0 Å². The van der Waals surface area contributed by atoms with Gasteiger partial charge < -0.3 is 15.5 Å². The quantitative estimate of drug-likeness (QED) is 0.864.